The van der Waals surface area contributed by atoms with E-state index in [0.717, 1.165) is 39.1 Å². The summed E-state index contributed by atoms with van der Waals surface area (Å²) in [6, 6.07) is 0. The minimum atomic E-state index is -0.0877. The summed E-state index contributed by atoms with van der Waals surface area (Å²) in [5.41, 5.74) is 2.14. The number of nitrogens with one attached hydrogen (secondary N) is 1. The second-order valence-corrected chi connectivity index (χ2v) is 3.87. The summed E-state index contributed by atoms with van der Waals surface area (Å²) >= 11 is 0. The standard InChI is InChI=1S/C10H21N3O2/c1-2-9-8-13(6-7-15-9)5-3-4-10(14)12-11/h9H,2-8,11H2,1H3,(H,12,14). The first-order valence-electron chi connectivity index (χ1n) is 5.59. The van der Waals surface area contributed by atoms with Gasteiger partial charge in [-0.2, -0.15) is 0 Å². The van der Waals surface area contributed by atoms with Crippen LogP contribution in [-0.4, -0.2) is 43.2 Å². The van der Waals surface area contributed by atoms with Crippen molar-refractivity contribution in [1.82, 2.24) is 10.3 Å². The van der Waals surface area contributed by atoms with Crippen LogP contribution in [0, 0.1) is 0 Å². The van der Waals surface area contributed by atoms with Crippen LogP contribution in [0.15, 0.2) is 0 Å². The van der Waals surface area contributed by atoms with E-state index in [-0.39, 0.29) is 5.91 Å². The quantitative estimate of drug-likeness (QED) is 0.381. The molecule has 0 aromatic carbocycles. The number of rotatable bonds is 5. The number of hydrazine groups is 1. The predicted octanol–water partition coefficient (Wildman–Crippen LogP) is -0.133. The molecule has 0 aliphatic carbocycles. The van der Waals surface area contributed by atoms with Crippen molar-refractivity contribution in [3.05, 3.63) is 0 Å². The Labute approximate surface area is 90.9 Å². The van der Waals surface area contributed by atoms with E-state index in [1.54, 1.807) is 0 Å². The van der Waals surface area contributed by atoms with Gasteiger partial charge in [0.1, 0.15) is 0 Å². The lowest BCUT2D eigenvalue weighted by molar-refractivity contribution is -0.121. The molecule has 1 amide bonds. The van der Waals surface area contributed by atoms with E-state index in [1.807, 2.05) is 0 Å². The van der Waals surface area contributed by atoms with Crippen LogP contribution in [0.4, 0.5) is 0 Å². The number of hydrogen-bond acceptors (Lipinski definition) is 4. The summed E-state index contributed by atoms with van der Waals surface area (Å²) in [6.45, 7) is 5.85. The highest BCUT2D eigenvalue weighted by molar-refractivity contribution is 5.75. The van der Waals surface area contributed by atoms with Crippen molar-refractivity contribution in [3.63, 3.8) is 0 Å². The van der Waals surface area contributed by atoms with E-state index in [4.69, 9.17) is 10.6 Å². The maximum Gasteiger partial charge on any atom is 0.233 e. The summed E-state index contributed by atoms with van der Waals surface area (Å²) in [5.74, 6) is 4.91. The van der Waals surface area contributed by atoms with Crippen LogP contribution in [0.2, 0.25) is 0 Å². The van der Waals surface area contributed by atoms with Crippen LogP contribution in [0.3, 0.4) is 0 Å². The molecule has 3 N–H and O–H groups in total. The molecule has 88 valence electrons. The molecule has 1 unspecified atom stereocenters. The van der Waals surface area contributed by atoms with Gasteiger partial charge in [-0.1, -0.05) is 6.92 Å². The Kier molecular flexibility index (Phi) is 5.60. The van der Waals surface area contributed by atoms with Gasteiger partial charge in [-0.25, -0.2) is 5.84 Å². The molecule has 0 aromatic heterocycles. The molecular formula is C10H21N3O2. The van der Waals surface area contributed by atoms with Crippen LogP contribution < -0.4 is 11.3 Å². The number of carbonyl (C=O) groups excluding carboxylic acids is 1. The largest absolute Gasteiger partial charge is 0.376 e. The molecule has 1 fully saturated rings. The minimum absolute atomic E-state index is 0.0877. The third-order valence-electron chi connectivity index (χ3n) is 2.72. The molecule has 0 saturated carbocycles. The molecule has 0 spiro atoms. The maximum absolute atomic E-state index is 10.9. The van der Waals surface area contributed by atoms with E-state index in [9.17, 15) is 4.79 Å². The normalized spacial score (nSPS) is 22.7. The van der Waals surface area contributed by atoms with Crippen LogP contribution in [0.25, 0.3) is 0 Å². The van der Waals surface area contributed by atoms with Crippen molar-refractivity contribution in [1.29, 1.82) is 0 Å². The minimum Gasteiger partial charge on any atom is -0.376 e. The fraction of sp³-hybridized carbons (Fsp3) is 0.900. The predicted molar refractivity (Wildman–Crippen MR) is 58.0 cm³/mol. The Morgan fingerprint density at radius 2 is 2.47 bits per heavy atom. The van der Waals surface area contributed by atoms with Crippen molar-refractivity contribution in [2.75, 3.05) is 26.2 Å². The average Bonchev–Trinajstić information content (AvgIpc) is 2.29. The first kappa shape index (κ1) is 12.4. The van der Waals surface area contributed by atoms with Gasteiger partial charge in [-0.3, -0.25) is 15.1 Å². The van der Waals surface area contributed by atoms with Gasteiger partial charge in [-0.15, -0.1) is 0 Å². The number of nitrogens with zero attached hydrogens (tertiary/aromatic N) is 1. The van der Waals surface area contributed by atoms with E-state index in [1.165, 1.54) is 0 Å². The lowest BCUT2D eigenvalue weighted by Crippen LogP contribution is -2.42. The van der Waals surface area contributed by atoms with Gasteiger partial charge in [0.2, 0.25) is 5.91 Å². The van der Waals surface area contributed by atoms with Gasteiger partial charge >= 0.3 is 0 Å². The number of morpholine rings is 1. The van der Waals surface area contributed by atoms with Crippen molar-refractivity contribution >= 4 is 5.91 Å². The van der Waals surface area contributed by atoms with Crippen LogP contribution >= 0.6 is 0 Å². The van der Waals surface area contributed by atoms with Crippen molar-refractivity contribution in [2.45, 2.75) is 32.3 Å². The molecule has 5 heteroatoms. The van der Waals surface area contributed by atoms with Crippen molar-refractivity contribution in [3.8, 4) is 0 Å². The lowest BCUT2D eigenvalue weighted by Gasteiger charge is -2.32. The molecule has 15 heavy (non-hydrogen) atoms. The highest BCUT2D eigenvalue weighted by Crippen LogP contribution is 2.08. The Morgan fingerprint density at radius 3 is 3.13 bits per heavy atom. The van der Waals surface area contributed by atoms with E-state index < -0.39 is 0 Å². The second-order valence-electron chi connectivity index (χ2n) is 3.87. The fourth-order valence-electron chi connectivity index (χ4n) is 1.77. The maximum atomic E-state index is 10.9. The molecule has 1 aliphatic heterocycles. The summed E-state index contributed by atoms with van der Waals surface area (Å²) in [7, 11) is 0. The number of ether oxygens (including phenoxy) is 1. The van der Waals surface area contributed by atoms with Crippen molar-refractivity contribution < 1.29 is 9.53 Å². The molecule has 1 atom stereocenters. The zero-order valence-electron chi connectivity index (χ0n) is 9.37. The molecule has 1 heterocycles. The zero-order chi connectivity index (χ0) is 11.1. The molecule has 1 saturated heterocycles. The molecule has 0 aromatic rings. The zero-order valence-corrected chi connectivity index (χ0v) is 9.37. The molecule has 0 radical (unpaired) electrons. The fourth-order valence-corrected chi connectivity index (χ4v) is 1.77. The Bertz CT molecular complexity index is 199. The Morgan fingerprint density at radius 1 is 1.67 bits per heavy atom. The van der Waals surface area contributed by atoms with E-state index in [2.05, 4.69) is 17.2 Å². The summed E-state index contributed by atoms with van der Waals surface area (Å²) in [5, 5.41) is 0. The third-order valence-corrected chi connectivity index (χ3v) is 2.72. The number of carbonyl (C=O) groups is 1. The van der Waals surface area contributed by atoms with Gasteiger partial charge in [0.15, 0.2) is 0 Å². The van der Waals surface area contributed by atoms with Gasteiger partial charge in [-0.05, 0) is 19.4 Å². The van der Waals surface area contributed by atoms with E-state index >= 15 is 0 Å². The number of amides is 1. The Balaban J connectivity index is 2.12. The van der Waals surface area contributed by atoms with Gasteiger partial charge in [0.05, 0.1) is 12.7 Å². The van der Waals surface area contributed by atoms with Crippen molar-refractivity contribution in [2.24, 2.45) is 5.84 Å². The third kappa shape index (κ3) is 4.59. The van der Waals surface area contributed by atoms with Crippen LogP contribution in [-0.2, 0) is 9.53 Å². The molecule has 1 rings (SSSR count). The molecule has 0 bridgehead atoms. The SMILES string of the molecule is CCC1CN(CCCC(=O)NN)CCO1. The number of hydrogen-bond donors (Lipinski definition) is 2. The summed E-state index contributed by atoms with van der Waals surface area (Å²) < 4.78 is 5.56. The lowest BCUT2D eigenvalue weighted by atomic mass is 10.2. The summed E-state index contributed by atoms with van der Waals surface area (Å²) in [4.78, 5) is 13.2. The Hall–Kier alpha value is -0.650. The van der Waals surface area contributed by atoms with Gasteiger partial charge < -0.3 is 4.74 Å². The topological polar surface area (TPSA) is 67.6 Å². The molecule has 1 aliphatic rings. The van der Waals surface area contributed by atoms with Gasteiger partial charge in [0, 0.05) is 19.5 Å². The monoisotopic (exact) mass is 215 g/mol. The highest BCUT2D eigenvalue weighted by Gasteiger charge is 2.18. The van der Waals surface area contributed by atoms with E-state index in [0.29, 0.717) is 12.5 Å². The first-order valence-corrected chi connectivity index (χ1v) is 5.59. The average molecular weight is 215 g/mol. The highest BCUT2D eigenvalue weighted by atomic mass is 16.5. The van der Waals surface area contributed by atoms with Crippen LogP contribution in [0.5, 0.6) is 0 Å². The van der Waals surface area contributed by atoms with Gasteiger partial charge in [0.25, 0.3) is 0 Å². The summed E-state index contributed by atoms with van der Waals surface area (Å²) in [6.07, 6.45) is 2.78. The van der Waals surface area contributed by atoms with Crippen LogP contribution in [0.1, 0.15) is 26.2 Å². The first-order chi connectivity index (χ1) is 7.26. The smallest absolute Gasteiger partial charge is 0.233 e. The molecule has 5 nitrogen and oxygen atoms in total. The molecular weight excluding hydrogens is 194 g/mol. The number of nitrogens with two attached hydrogens (primary N) is 1. The second kappa shape index (κ2) is 6.76.